The van der Waals surface area contributed by atoms with Gasteiger partial charge in [0.05, 0.1) is 28.6 Å². The van der Waals surface area contributed by atoms with Crippen LogP contribution in [0.3, 0.4) is 0 Å². The summed E-state index contributed by atoms with van der Waals surface area (Å²) in [6.45, 7) is 4.65. The first-order chi connectivity index (χ1) is 16.4. The molecule has 0 bridgehead atoms. The number of ether oxygens (including phenoxy) is 1. The lowest BCUT2D eigenvalue weighted by Gasteiger charge is -2.30. The van der Waals surface area contributed by atoms with E-state index in [1.54, 1.807) is 22.5 Å². The van der Waals surface area contributed by atoms with Crippen molar-refractivity contribution in [2.24, 2.45) is 5.92 Å². The van der Waals surface area contributed by atoms with Gasteiger partial charge in [0.25, 0.3) is 0 Å². The van der Waals surface area contributed by atoms with Crippen molar-refractivity contribution in [3.8, 4) is 0 Å². The third-order valence-electron chi connectivity index (χ3n) is 6.61. The van der Waals surface area contributed by atoms with Crippen LogP contribution >= 0.6 is 11.8 Å². The lowest BCUT2D eigenvalue weighted by molar-refractivity contribution is 0.0960. The van der Waals surface area contributed by atoms with E-state index in [0.717, 1.165) is 48.5 Å². The molecule has 2 atom stereocenters. The summed E-state index contributed by atoms with van der Waals surface area (Å²) in [5.74, 6) is 0.681. The highest BCUT2D eigenvalue weighted by atomic mass is 32.2. The first-order valence-electron chi connectivity index (χ1n) is 11.9. The Balaban J connectivity index is 1.47. The Hall–Kier alpha value is -1.94. The van der Waals surface area contributed by atoms with Crippen LogP contribution in [-0.2, 0) is 27.1 Å². The van der Waals surface area contributed by atoms with E-state index < -0.39 is 10.0 Å². The van der Waals surface area contributed by atoms with Crippen molar-refractivity contribution < 1.29 is 17.5 Å². The second kappa shape index (κ2) is 9.97. The van der Waals surface area contributed by atoms with Gasteiger partial charge in [-0.2, -0.15) is 4.31 Å². The molecule has 1 aromatic heterocycles. The van der Waals surface area contributed by atoms with Crippen LogP contribution in [0.25, 0.3) is 11.0 Å². The molecular weight excluding hydrogens is 473 g/mol. The fourth-order valence-electron chi connectivity index (χ4n) is 4.81. The van der Waals surface area contributed by atoms with Gasteiger partial charge in [0.1, 0.15) is 5.82 Å². The molecule has 3 aromatic rings. The van der Waals surface area contributed by atoms with Gasteiger partial charge >= 0.3 is 0 Å². The van der Waals surface area contributed by atoms with E-state index in [1.165, 1.54) is 23.9 Å². The van der Waals surface area contributed by atoms with Crippen LogP contribution in [0.4, 0.5) is 4.39 Å². The van der Waals surface area contributed by atoms with E-state index >= 15 is 0 Å². The third kappa shape index (κ3) is 5.03. The van der Waals surface area contributed by atoms with Crippen molar-refractivity contribution in [1.29, 1.82) is 0 Å². The van der Waals surface area contributed by atoms with E-state index in [9.17, 15) is 12.8 Å². The fraction of sp³-hybridized carbons (Fsp3) is 0.480. The topological polar surface area (TPSA) is 64.4 Å². The van der Waals surface area contributed by atoms with Crippen molar-refractivity contribution in [1.82, 2.24) is 13.9 Å². The van der Waals surface area contributed by atoms with Crippen molar-refractivity contribution in [2.45, 2.75) is 61.1 Å². The maximum atomic E-state index is 13.6. The molecule has 2 aliphatic rings. The summed E-state index contributed by atoms with van der Waals surface area (Å²) >= 11 is 1.53. The van der Waals surface area contributed by atoms with Gasteiger partial charge in [-0.15, -0.1) is 0 Å². The molecule has 2 fully saturated rings. The maximum absolute atomic E-state index is 13.6. The number of hydrogen-bond donors (Lipinski definition) is 0. The predicted octanol–water partition coefficient (Wildman–Crippen LogP) is 5.07. The number of thioether (sulfide) groups is 1. The lowest BCUT2D eigenvalue weighted by atomic mass is 10.0. The quantitative estimate of drug-likeness (QED) is 0.422. The Morgan fingerprint density at radius 1 is 1.18 bits per heavy atom. The smallest absolute Gasteiger partial charge is 0.243 e. The standard InChI is InChI=1S/C25H30FN3O3S2/c1-18-5-3-11-28(15-18)34(30,31)22-9-10-24-23(14-22)27-25(29(24)16-21-8-4-12-32-21)33-17-19-6-2-7-20(26)13-19/h2,6-7,9-10,13-14,18,21H,3-5,8,11-12,15-17H2,1H3. The molecule has 2 aliphatic heterocycles. The Morgan fingerprint density at radius 2 is 2.06 bits per heavy atom. The minimum atomic E-state index is -3.56. The normalized spacial score (nSPS) is 21.9. The highest BCUT2D eigenvalue weighted by Crippen LogP contribution is 2.31. The molecule has 5 rings (SSSR count). The molecule has 0 aliphatic carbocycles. The van der Waals surface area contributed by atoms with Crippen LogP contribution < -0.4 is 0 Å². The first-order valence-corrected chi connectivity index (χ1v) is 14.3. The summed E-state index contributed by atoms with van der Waals surface area (Å²) in [7, 11) is -3.56. The van der Waals surface area contributed by atoms with Crippen LogP contribution in [0.15, 0.2) is 52.5 Å². The zero-order chi connectivity index (χ0) is 23.7. The lowest BCUT2D eigenvalue weighted by Crippen LogP contribution is -2.39. The van der Waals surface area contributed by atoms with E-state index in [4.69, 9.17) is 9.72 Å². The van der Waals surface area contributed by atoms with Crippen molar-refractivity contribution in [3.63, 3.8) is 0 Å². The molecule has 0 saturated carbocycles. The second-order valence-corrected chi connectivity index (χ2v) is 12.2. The molecule has 182 valence electrons. The monoisotopic (exact) mass is 503 g/mol. The zero-order valence-corrected chi connectivity index (χ0v) is 21.0. The highest BCUT2D eigenvalue weighted by molar-refractivity contribution is 7.98. The third-order valence-corrected chi connectivity index (χ3v) is 9.52. The largest absolute Gasteiger partial charge is 0.376 e. The molecular formula is C25H30FN3O3S2. The Kier molecular flexibility index (Phi) is 6.97. The summed E-state index contributed by atoms with van der Waals surface area (Å²) in [5.41, 5.74) is 2.43. The molecule has 6 nitrogen and oxygen atoms in total. The van der Waals surface area contributed by atoms with Gasteiger partial charge < -0.3 is 9.30 Å². The van der Waals surface area contributed by atoms with E-state index in [1.807, 2.05) is 12.1 Å². The Labute approximate surface area is 204 Å². The maximum Gasteiger partial charge on any atom is 0.243 e. The molecule has 34 heavy (non-hydrogen) atoms. The van der Waals surface area contributed by atoms with E-state index in [0.29, 0.717) is 36.8 Å². The van der Waals surface area contributed by atoms with Crippen LogP contribution in [0.2, 0.25) is 0 Å². The second-order valence-electron chi connectivity index (χ2n) is 9.32. The number of piperidine rings is 1. The molecule has 9 heteroatoms. The highest BCUT2D eigenvalue weighted by Gasteiger charge is 2.29. The summed E-state index contributed by atoms with van der Waals surface area (Å²) in [4.78, 5) is 5.11. The predicted molar refractivity (Wildman–Crippen MR) is 132 cm³/mol. The number of imidazole rings is 1. The number of rotatable bonds is 7. The van der Waals surface area contributed by atoms with Gasteiger partial charge in [0, 0.05) is 25.4 Å². The van der Waals surface area contributed by atoms with Crippen LogP contribution in [0.5, 0.6) is 0 Å². The molecule has 2 saturated heterocycles. The van der Waals surface area contributed by atoms with Crippen molar-refractivity contribution in [3.05, 3.63) is 53.8 Å². The molecule has 0 spiro atoms. The minimum Gasteiger partial charge on any atom is -0.376 e. The molecule has 0 N–H and O–H groups in total. The van der Waals surface area contributed by atoms with Gasteiger partial charge in [0.15, 0.2) is 5.16 Å². The number of fused-ring (bicyclic) bond motifs is 1. The Bertz CT molecular complexity index is 1270. The fourth-order valence-corrected chi connectivity index (χ4v) is 7.40. The Morgan fingerprint density at radius 3 is 2.82 bits per heavy atom. The van der Waals surface area contributed by atoms with Gasteiger partial charge in [-0.25, -0.2) is 17.8 Å². The zero-order valence-electron chi connectivity index (χ0n) is 19.3. The van der Waals surface area contributed by atoms with Crippen molar-refractivity contribution in [2.75, 3.05) is 19.7 Å². The average molecular weight is 504 g/mol. The van der Waals surface area contributed by atoms with Crippen LogP contribution in [0, 0.1) is 11.7 Å². The summed E-state index contributed by atoms with van der Waals surface area (Å²) in [6.07, 6.45) is 4.10. The summed E-state index contributed by atoms with van der Waals surface area (Å²) < 4.78 is 49.9. The van der Waals surface area contributed by atoms with Crippen molar-refractivity contribution >= 4 is 32.8 Å². The van der Waals surface area contributed by atoms with E-state index in [-0.39, 0.29) is 16.8 Å². The summed E-state index contributed by atoms with van der Waals surface area (Å²) in [6, 6.07) is 11.8. The number of sulfonamides is 1. The number of benzene rings is 2. The minimum absolute atomic E-state index is 0.115. The van der Waals surface area contributed by atoms with Gasteiger partial charge in [-0.05, 0) is 67.5 Å². The van der Waals surface area contributed by atoms with Crippen LogP contribution in [0.1, 0.15) is 38.2 Å². The molecule has 2 aromatic carbocycles. The van der Waals surface area contributed by atoms with Crippen LogP contribution in [-0.4, -0.2) is 48.1 Å². The van der Waals surface area contributed by atoms with Gasteiger partial charge in [0.2, 0.25) is 10.0 Å². The summed E-state index contributed by atoms with van der Waals surface area (Å²) in [5, 5.41) is 0.788. The molecule has 2 unspecified atom stereocenters. The molecule has 0 radical (unpaired) electrons. The number of halogens is 1. The average Bonchev–Trinajstić information content (AvgIpc) is 3.46. The molecule has 0 amide bonds. The number of aromatic nitrogens is 2. The SMILES string of the molecule is CC1CCCN(S(=O)(=O)c2ccc3c(c2)nc(SCc2cccc(F)c2)n3CC2CCCO2)C1. The number of nitrogens with zero attached hydrogens (tertiary/aromatic N) is 3. The van der Waals surface area contributed by atoms with Gasteiger partial charge in [-0.3, -0.25) is 0 Å². The van der Waals surface area contributed by atoms with Gasteiger partial charge in [-0.1, -0.05) is 30.8 Å². The first kappa shape index (κ1) is 23.8. The number of hydrogen-bond acceptors (Lipinski definition) is 5. The molecule has 3 heterocycles. The van der Waals surface area contributed by atoms with E-state index in [2.05, 4.69) is 11.5 Å².